The molecule has 1 aliphatic rings. The summed E-state index contributed by atoms with van der Waals surface area (Å²) in [7, 11) is 1.57. The summed E-state index contributed by atoms with van der Waals surface area (Å²) < 4.78 is 13.1. The van der Waals surface area contributed by atoms with E-state index in [9.17, 15) is 14.0 Å². The summed E-state index contributed by atoms with van der Waals surface area (Å²) in [5.41, 5.74) is 0.602. The number of nitrogens with zero attached hydrogens (tertiary/aromatic N) is 3. The van der Waals surface area contributed by atoms with E-state index in [4.69, 9.17) is 11.6 Å². The molecule has 2 heterocycles. The predicted octanol–water partition coefficient (Wildman–Crippen LogP) is 2.43. The Bertz CT molecular complexity index is 802. The standard InChI is InChI=1S/C17H16ClFN4O2/c1-22-14(10-23(17(22)25)15-4-2-3-7-20-15)16(24)21-9-11-5-6-12(19)8-13(11)18/h2-8,14H,9-10H2,1H3,(H,21,24)/t14-/m0/s1. The molecule has 0 radical (unpaired) electrons. The Morgan fingerprint density at radius 1 is 1.40 bits per heavy atom. The van der Waals surface area contributed by atoms with Gasteiger partial charge in [-0.25, -0.2) is 14.2 Å². The Morgan fingerprint density at radius 2 is 2.20 bits per heavy atom. The quantitative estimate of drug-likeness (QED) is 0.908. The minimum atomic E-state index is -0.645. The molecule has 0 spiro atoms. The van der Waals surface area contributed by atoms with Gasteiger partial charge in [0.05, 0.1) is 6.54 Å². The maximum atomic E-state index is 13.1. The fourth-order valence-corrected chi connectivity index (χ4v) is 2.86. The molecular weight excluding hydrogens is 347 g/mol. The Kier molecular flexibility index (Phi) is 4.85. The van der Waals surface area contributed by atoms with Gasteiger partial charge in [-0.1, -0.05) is 23.7 Å². The smallest absolute Gasteiger partial charge is 0.326 e. The molecule has 2 aromatic rings. The number of urea groups is 1. The highest BCUT2D eigenvalue weighted by Gasteiger charge is 2.40. The zero-order valence-electron chi connectivity index (χ0n) is 13.4. The van der Waals surface area contributed by atoms with Crippen molar-refractivity contribution in [3.05, 3.63) is 59.0 Å². The summed E-state index contributed by atoms with van der Waals surface area (Å²) in [6.45, 7) is 0.357. The zero-order valence-corrected chi connectivity index (χ0v) is 14.2. The average Bonchev–Trinajstić information content (AvgIpc) is 2.90. The molecule has 0 saturated carbocycles. The molecule has 1 N–H and O–H groups in total. The monoisotopic (exact) mass is 362 g/mol. The number of pyridine rings is 1. The fourth-order valence-electron chi connectivity index (χ4n) is 2.63. The molecule has 1 atom stereocenters. The van der Waals surface area contributed by atoms with Gasteiger partial charge in [-0.05, 0) is 29.8 Å². The van der Waals surface area contributed by atoms with Gasteiger partial charge in [0.1, 0.15) is 17.7 Å². The molecule has 8 heteroatoms. The normalized spacial score (nSPS) is 17.1. The van der Waals surface area contributed by atoms with Crippen LogP contribution < -0.4 is 10.2 Å². The molecule has 1 saturated heterocycles. The molecule has 1 fully saturated rings. The Hall–Kier alpha value is -2.67. The van der Waals surface area contributed by atoms with E-state index in [1.165, 1.54) is 28.0 Å². The Labute approximate surface area is 149 Å². The van der Waals surface area contributed by atoms with Crippen molar-refractivity contribution in [2.45, 2.75) is 12.6 Å². The number of aromatic nitrogens is 1. The van der Waals surface area contributed by atoms with Gasteiger partial charge in [-0.3, -0.25) is 9.69 Å². The maximum absolute atomic E-state index is 13.1. The van der Waals surface area contributed by atoms with Gasteiger partial charge in [0.15, 0.2) is 0 Å². The topological polar surface area (TPSA) is 65.5 Å². The Balaban J connectivity index is 1.67. The van der Waals surface area contributed by atoms with Crippen LogP contribution in [0.15, 0.2) is 42.6 Å². The van der Waals surface area contributed by atoms with Crippen LogP contribution in [-0.4, -0.2) is 41.5 Å². The summed E-state index contributed by atoms with van der Waals surface area (Å²) >= 11 is 5.96. The van der Waals surface area contributed by atoms with Crippen molar-refractivity contribution in [1.82, 2.24) is 15.2 Å². The van der Waals surface area contributed by atoms with E-state index < -0.39 is 11.9 Å². The highest BCUT2D eigenvalue weighted by Crippen LogP contribution is 2.21. The van der Waals surface area contributed by atoms with Gasteiger partial charge >= 0.3 is 6.03 Å². The molecule has 1 aromatic heterocycles. The van der Waals surface area contributed by atoms with Crippen LogP contribution in [0.5, 0.6) is 0 Å². The van der Waals surface area contributed by atoms with Crippen molar-refractivity contribution in [2.24, 2.45) is 0 Å². The van der Waals surface area contributed by atoms with Crippen LogP contribution in [0.4, 0.5) is 15.0 Å². The predicted molar refractivity (Wildman–Crippen MR) is 91.8 cm³/mol. The summed E-state index contributed by atoms with van der Waals surface area (Å²) in [5, 5.41) is 2.98. The van der Waals surface area contributed by atoms with Gasteiger partial charge in [-0.2, -0.15) is 0 Å². The molecule has 1 aliphatic heterocycles. The third-order valence-electron chi connectivity index (χ3n) is 4.05. The summed E-state index contributed by atoms with van der Waals surface area (Å²) in [4.78, 5) is 31.8. The van der Waals surface area contributed by atoms with Crippen molar-refractivity contribution >= 4 is 29.4 Å². The molecule has 3 amide bonds. The number of hydrogen-bond acceptors (Lipinski definition) is 3. The fraction of sp³-hybridized carbons (Fsp3) is 0.235. The van der Waals surface area contributed by atoms with E-state index in [-0.39, 0.29) is 30.1 Å². The van der Waals surface area contributed by atoms with Crippen molar-refractivity contribution in [3.8, 4) is 0 Å². The van der Waals surface area contributed by atoms with Gasteiger partial charge in [0.25, 0.3) is 0 Å². The third-order valence-corrected chi connectivity index (χ3v) is 4.40. The first-order chi connectivity index (χ1) is 12.0. The first kappa shape index (κ1) is 17.2. The van der Waals surface area contributed by atoms with Crippen molar-refractivity contribution < 1.29 is 14.0 Å². The molecule has 6 nitrogen and oxygen atoms in total. The van der Waals surface area contributed by atoms with Crippen LogP contribution in [0, 0.1) is 5.82 Å². The summed E-state index contributed by atoms with van der Waals surface area (Å²) in [5.74, 6) is -0.252. The second kappa shape index (κ2) is 7.06. The van der Waals surface area contributed by atoms with E-state index in [1.807, 2.05) is 0 Å². The zero-order chi connectivity index (χ0) is 18.0. The average molecular weight is 363 g/mol. The molecule has 0 aliphatic carbocycles. The molecule has 1 aromatic carbocycles. The highest BCUT2D eigenvalue weighted by atomic mass is 35.5. The van der Waals surface area contributed by atoms with E-state index in [2.05, 4.69) is 10.3 Å². The molecule has 25 heavy (non-hydrogen) atoms. The first-order valence-corrected chi connectivity index (χ1v) is 8.02. The van der Waals surface area contributed by atoms with E-state index >= 15 is 0 Å². The van der Waals surface area contributed by atoms with Crippen LogP contribution >= 0.6 is 11.6 Å². The molecular formula is C17H16ClFN4O2. The summed E-state index contributed by atoms with van der Waals surface area (Å²) in [6.07, 6.45) is 1.59. The number of likely N-dealkylation sites (N-methyl/N-ethyl adjacent to an activating group) is 1. The molecule has 3 rings (SSSR count). The highest BCUT2D eigenvalue weighted by molar-refractivity contribution is 6.31. The summed E-state index contributed by atoms with van der Waals surface area (Å²) in [6, 6.07) is 8.29. The van der Waals surface area contributed by atoms with Crippen molar-refractivity contribution in [2.75, 3.05) is 18.5 Å². The lowest BCUT2D eigenvalue weighted by Gasteiger charge is -2.17. The SMILES string of the molecule is CN1C(=O)N(c2ccccn2)C[C@H]1C(=O)NCc1ccc(F)cc1Cl. The number of hydrogen-bond donors (Lipinski definition) is 1. The van der Waals surface area contributed by atoms with Crippen molar-refractivity contribution in [1.29, 1.82) is 0 Å². The van der Waals surface area contributed by atoms with E-state index in [0.717, 1.165) is 0 Å². The number of nitrogens with one attached hydrogen (secondary N) is 1. The van der Waals surface area contributed by atoms with Gasteiger partial charge in [0, 0.05) is 24.8 Å². The minimum Gasteiger partial charge on any atom is -0.350 e. The van der Waals surface area contributed by atoms with E-state index in [0.29, 0.717) is 11.4 Å². The Morgan fingerprint density at radius 3 is 2.88 bits per heavy atom. The lowest BCUT2D eigenvalue weighted by Crippen LogP contribution is -2.43. The van der Waals surface area contributed by atoms with Crippen LogP contribution in [0.3, 0.4) is 0 Å². The van der Waals surface area contributed by atoms with Crippen molar-refractivity contribution in [3.63, 3.8) is 0 Å². The van der Waals surface area contributed by atoms with Gasteiger partial charge in [0.2, 0.25) is 5.91 Å². The lowest BCUT2D eigenvalue weighted by atomic mass is 10.2. The number of rotatable bonds is 4. The van der Waals surface area contributed by atoms with Crippen LogP contribution in [0.1, 0.15) is 5.56 Å². The van der Waals surface area contributed by atoms with Crippen LogP contribution in [0.2, 0.25) is 5.02 Å². The van der Waals surface area contributed by atoms with Gasteiger partial charge in [-0.15, -0.1) is 0 Å². The molecule has 0 bridgehead atoms. The first-order valence-electron chi connectivity index (χ1n) is 7.64. The second-order valence-electron chi connectivity index (χ2n) is 5.66. The van der Waals surface area contributed by atoms with Crippen LogP contribution in [0.25, 0.3) is 0 Å². The molecule has 0 unspecified atom stereocenters. The third kappa shape index (κ3) is 3.56. The van der Waals surface area contributed by atoms with Gasteiger partial charge < -0.3 is 10.2 Å². The largest absolute Gasteiger partial charge is 0.350 e. The second-order valence-corrected chi connectivity index (χ2v) is 6.07. The number of halogens is 2. The number of amides is 3. The number of benzene rings is 1. The number of carbonyl (C=O) groups excluding carboxylic acids is 2. The minimum absolute atomic E-state index is 0.153. The number of carbonyl (C=O) groups is 2. The lowest BCUT2D eigenvalue weighted by molar-refractivity contribution is -0.124. The number of anilines is 1. The van der Waals surface area contributed by atoms with E-state index in [1.54, 1.807) is 31.4 Å². The maximum Gasteiger partial charge on any atom is 0.326 e. The van der Waals surface area contributed by atoms with Crippen LogP contribution in [-0.2, 0) is 11.3 Å². The molecule has 130 valence electrons.